The van der Waals surface area contributed by atoms with E-state index in [4.69, 9.17) is 10.5 Å². The second-order valence-corrected chi connectivity index (χ2v) is 6.27. The largest absolute Gasteiger partial charge is 0.368 e. The molecule has 1 aromatic carbocycles. The van der Waals surface area contributed by atoms with E-state index in [1.807, 2.05) is 45.0 Å². The van der Waals surface area contributed by atoms with Crippen molar-refractivity contribution in [3.63, 3.8) is 0 Å². The highest BCUT2D eigenvalue weighted by Crippen LogP contribution is 2.20. The molecule has 5 heteroatoms. The minimum Gasteiger partial charge on any atom is -0.368 e. The summed E-state index contributed by atoms with van der Waals surface area (Å²) in [4.78, 5) is 14.3. The van der Waals surface area contributed by atoms with Crippen LogP contribution in [0.1, 0.15) is 19.4 Å². The molecule has 1 saturated heterocycles. The van der Waals surface area contributed by atoms with Crippen LogP contribution >= 0.6 is 0 Å². The van der Waals surface area contributed by atoms with E-state index >= 15 is 0 Å². The molecule has 1 fully saturated rings. The highest BCUT2D eigenvalue weighted by Gasteiger charge is 2.33. The van der Waals surface area contributed by atoms with Gasteiger partial charge in [-0.25, -0.2) is 0 Å². The Morgan fingerprint density at radius 3 is 2.86 bits per heavy atom. The van der Waals surface area contributed by atoms with Crippen molar-refractivity contribution in [3.8, 4) is 0 Å². The Bertz CT molecular complexity index is 502. The maximum Gasteiger partial charge on any atom is 0.238 e. The Morgan fingerprint density at radius 1 is 1.48 bits per heavy atom. The third kappa shape index (κ3) is 4.52. The van der Waals surface area contributed by atoms with Gasteiger partial charge >= 0.3 is 0 Å². The molecule has 1 amide bonds. The molecule has 116 valence electrons. The van der Waals surface area contributed by atoms with E-state index < -0.39 is 0 Å². The van der Waals surface area contributed by atoms with Gasteiger partial charge in [0.1, 0.15) is 0 Å². The first kappa shape index (κ1) is 15.9. The van der Waals surface area contributed by atoms with Gasteiger partial charge < -0.3 is 15.8 Å². The van der Waals surface area contributed by atoms with Gasteiger partial charge in [-0.1, -0.05) is 18.2 Å². The number of nitrogens with two attached hydrogens (primary N) is 1. The Kier molecular flexibility index (Phi) is 4.98. The number of aryl methyl sites for hydroxylation is 1. The summed E-state index contributed by atoms with van der Waals surface area (Å²) in [5.74, 6) is -0.00206. The van der Waals surface area contributed by atoms with Crippen molar-refractivity contribution >= 4 is 11.6 Å². The number of ether oxygens (including phenoxy) is 1. The molecule has 0 saturated carbocycles. The standard InChI is InChI=1S/C16H25N3O2/c1-12-6-4-5-7-14(12)18-15(20)10-19-9-13(8-17)21-16(2,3)11-19/h4-7,13H,8-11,17H2,1-3H3,(H,18,20). The van der Waals surface area contributed by atoms with Crippen molar-refractivity contribution in [1.29, 1.82) is 0 Å². The van der Waals surface area contributed by atoms with Gasteiger partial charge in [-0.15, -0.1) is 0 Å². The molecule has 0 aliphatic carbocycles. The van der Waals surface area contributed by atoms with Crippen LogP contribution in [-0.2, 0) is 9.53 Å². The number of benzene rings is 1. The first-order valence-electron chi connectivity index (χ1n) is 7.35. The topological polar surface area (TPSA) is 67.6 Å². The lowest BCUT2D eigenvalue weighted by Gasteiger charge is -2.42. The third-order valence-corrected chi connectivity index (χ3v) is 3.60. The number of amides is 1. The number of para-hydroxylation sites is 1. The van der Waals surface area contributed by atoms with Crippen LogP contribution in [0.5, 0.6) is 0 Å². The molecule has 1 aromatic rings. The highest BCUT2D eigenvalue weighted by atomic mass is 16.5. The van der Waals surface area contributed by atoms with E-state index in [1.54, 1.807) is 0 Å². The lowest BCUT2D eigenvalue weighted by molar-refractivity contribution is -0.138. The number of nitrogens with zero attached hydrogens (tertiary/aromatic N) is 1. The summed E-state index contributed by atoms with van der Waals surface area (Å²) < 4.78 is 5.87. The molecule has 5 nitrogen and oxygen atoms in total. The zero-order valence-corrected chi connectivity index (χ0v) is 13.1. The van der Waals surface area contributed by atoms with E-state index in [1.165, 1.54) is 0 Å². The molecule has 1 heterocycles. The Hall–Kier alpha value is -1.43. The first-order chi connectivity index (χ1) is 9.89. The minimum absolute atomic E-state index is 0.00206. The fourth-order valence-corrected chi connectivity index (χ4v) is 2.77. The molecule has 0 spiro atoms. The van der Waals surface area contributed by atoms with Gasteiger partial charge in [-0.2, -0.15) is 0 Å². The summed E-state index contributed by atoms with van der Waals surface area (Å²) in [6.07, 6.45) is -0.0139. The summed E-state index contributed by atoms with van der Waals surface area (Å²) in [6, 6.07) is 7.78. The number of morpholine rings is 1. The van der Waals surface area contributed by atoms with Crippen molar-refractivity contribution in [2.75, 3.05) is 31.5 Å². The van der Waals surface area contributed by atoms with Crippen LogP contribution in [0.4, 0.5) is 5.69 Å². The van der Waals surface area contributed by atoms with E-state index in [0.29, 0.717) is 19.6 Å². The summed E-state index contributed by atoms with van der Waals surface area (Å²) in [7, 11) is 0. The number of hydrogen-bond donors (Lipinski definition) is 2. The summed E-state index contributed by atoms with van der Waals surface area (Å²) in [5.41, 5.74) is 7.37. The van der Waals surface area contributed by atoms with Crippen LogP contribution in [0.15, 0.2) is 24.3 Å². The zero-order valence-electron chi connectivity index (χ0n) is 13.1. The fraction of sp³-hybridized carbons (Fsp3) is 0.562. The van der Waals surface area contributed by atoms with Crippen LogP contribution in [0.3, 0.4) is 0 Å². The Balaban J connectivity index is 1.94. The quantitative estimate of drug-likeness (QED) is 0.879. The Labute approximate surface area is 126 Å². The van der Waals surface area contributed by atoms with Crippen LogP contribution in [0, 0.1) is 6.92 Å². The molecule has 0 aromatic heterocycles. The van der Waals surface area contributed by atoms with E-state index in [9.17, 15) is 4.79 Å². The van der Waals surface area contributed by atoms with Gasteiger partial charge in [0, 0.05) is 25.3 Å². The molecule has 1 unspecified atom stereocenters. The average Bonchev–Trinajstić information content (AvgIpc) is 2.39. The number of hydrogen-bond acceptors (Lipinski definition) is 4. The zero-order chi connectivity index (χ0) is 15.5. The summed E-state index contributed by atoms with van der Waals surface area (Å²) >= 11 is 0. The number of nitrogens with one attached hydrogen (secondary N) is 1. The van der Waals surface area contributed by atoms with E-state index in [-0.39, 0.29) is 17.6 Å². The van der Waals surface area contributed by atoms with Gasteiger partial charge in [0.2, 0.25) is 5.91 Å². The Morgan fingerprint density at radius 2 is 2.19 bits per heavy atom. The summed E-state index contributed by atoms with van der Waals surface area (Å²) in [5, 5.41) is 2.97. The van der Waals surface area contributed by atoms with Gasteiger partial charge in [0.15, 0.2) is 0 Å². The number of rotatable bonds is 4. The number of carbonyl (C=O) groups excluding carboxylic acids is 1. The molecular formula is C16H25N3O2. The molecular weight excluding hydrogens is 266 g/mol. The van der Waals surface area contributed by atoms with Gasteiger partial charge in [-0.3, -0.25) is 9.69 Å². The highest BCUT2D eigenvalue weighted by molar-refractivity contribution is 5.92. The monoisotopic (exact) mass is 291 g/mol. The second-order valence-electron chi connectivity index (χ2n) is 6.27. The molecule has 3 N–H and O–H groups in total. The molecule has 0 radical (unpaired) electrons. The van der Waals surface area contributed by atoms with E-state index in [0.717, 1.165) is 17.8 Å². The first-order valence-corrected chi connectivity index (χ1v) is 7.35. The van der Waals surface area contributed by atoms with Gasteiger partial charge in [0.25, 0.3) is 0 Å². The predicted molar refractivity (Wildman–Crippen MR) is 84.3 cm³/mol. The number of anilines is 1. The number of carbonyl (C=O) groups is 1. The van der Waals surface area contributed by atoms with Crippen LogP contribution in [0.25, 0.3) is 0 Å². The lowest BCUT2D eigenvalue weighted by Crippen LogP contribution is -2.56. The molecule has 2 rings (SSSR count). The average molecular weight is 291 g/mol. The molecule has 21 heavy (non-hydrogen) atoms. The van der Waals surface area contributed by atoms with Crippen molar-refractivity contribution in [3.05, 3.63) is 29.8 Å². The molecule has 1 aliphatic rings. The molecule has 1 atom stereocenters. The smallest absolute Gasteiger partial charge is 0.238 e. The fourth-order valence-electron chi connectivity index (χ4n) is 2.77. The maximum absolute atomic E-state index is 12.2. The molecule has 0 bridgehead atoms. The van der Waals surface area contributed by atoms with Crippen LogP contribution in [-0.4, -0.2) is 48.7 Å². The maximum atomic E-state index is 12.2. The van der Waals surface area contributed by atoms with Crippen molar-refractivity contribution in [1.82, 2.24) is 4.90 Å². The van der Waals surface area contributed by atoms with Crippen molar-refractivity contribution < 1.29 is 9.53 Å². The van der Waals surface area contributed by atoms with E-state index in [2.05, 4.69) is 10.2 Å². The SMILES string of the molecule is Cc1ccccc1NC(=O)CN1CC(CN)OC(C)(C)C1. The van der Waals surface area contributed by atoms with Crippen molar-refractivity contribution in [2.45, 2.75) is 32.5 Å². The van der Waals surface area contributed by atoms with Gasteiger partial charge in [-0.05, 0) is 32.4 Å². The predicted octanol–water partition coefficient (Wildman–Crippen LogP) is 1.37. The van der Waals surface area contributed by atoms with Crippen LogP contribution < -0.4 is 11.1 Å². The normalized spacial score (nSPS) is 22.0. The second kappa shape index (κ2) is 6.56. The third-order valence-electron chi connectivity index (χ3n) is 3.60. The lowest BCUT2D eigenvalue weighted by atomic mass is 10.1. The molecule has 1 aliphatic heterocycles. The van der Waals surface area contributed by atoms with Gasteiger partial charge in [0.05, 0.1) is 18.2 Å². The minimum atomic E-state index is -0.273. The van der Waals surface area contributed by atoms with Crippen LogP contribution in [0.2, 0.25) is 0 Å². The summed E-state index contributed by atoms with van der Waals surface area (Å²) in [6.45, 7) is 8.29. The van der Waals surface area contributed by atoms with Crippen molar-refractivity contribution in [2.24, 2.45) is 5.73 Å².